The van der Waals surface area contributed by atoms with Gasteiger partial charge in [-0.3, -0.25) is 0 Å². The first kappa shape index (κ1) is 14.7. The summed E-state index contributed by atoms with van der Waals surface area (Å²) < 4.78 is 12.0. The molecule has 9 heteroatoms. The van der Waals surface area contributed by atoms with Crippen molar-refractivity contribution in [2.24, 2.45) is 0 Å². The van der Waals surface area contributed by atoms with Gasteiger partial charge in [-0.05, 0) is 29.5 Å². The molecule has 2 heterocycles. The molecule has 1 aromatic carbocycles. The number of aryl methyl sites for hydroxylation is 1. The van der Waals surface area contributed by atoms with Crippen LogP contribution in [0.25, 0.3) is 11.0 Å². The van der Waals surface area contributed by atoms with Gasteiger partial charge in [-0.15, -0.1) is 0 Å². The van der Waals surface area contributed by atoms with Gasteiger partial charge in [-0.25, -0.2) is 4.79 Å². The van der Waals surface area contributed by atoms with E-state index in [0.717, 1.165) is 10.9 Å². The SMILES string of the molecule is Cc1cc(=O)oc2cc(OCCn3cnc([N+](=O)[O-])n3)ccc12. The second-order valence-electron chi connectivity index (χ2n) is 4.82. The van der Waals surface area contributed by atoms with Crippen molar-refractivity contribution in [1.29, 1.82) is 0 Å². The number of benzene rings is 1. The molecule has 0 amide bonds. The summed E-state index contributed by atoms with van der Waals surface area (Å²) in [6.07, 6.45) is 1.27. The molecular formula is C14H12N4O5. The highest BCUT2D eigenvalue weighted by molar-refractivity contribution is 5.81. The first-order valence-electron chi connectivity index (χ1n) is 6.74. The molecule has 3 aromatic rings. The van der Waals surface area contributed by atoms with Gasteiger partial charge in [-0.2, -0.15) is 4.68 Å². The van der Waals surface area contributed by atoms with Gasteiger partial charge in [0, 0.05) is 22.6 Å². The lowest BCUT2D eigenvalue weighted by Crippen LogP contribution is -2.09. The van der Waals surface area contributed by atoms with Gasteiger partial charge in [-0.1, -0.05) is 4.98 Å². The van der Waals surface area contributed by atoms with E-state index in [0.29, 0.717) is 17.9 Å². The van der Waals surface area contributed by atoms with Crippen molar-refractivity contribution in [2.45, 2.75) is 13.5 Å². The summed E-state index contributed by atoms with van der Waals surface area (Å²) in [6, 6.07) is 6.64. The van der Waals surface area contributed by atoms with Gasteiger partial charge >= 0.3 is 11.6 Å². The molecule has 0 saturated carbocycles. The maximum absolute atomic E-state index is 11.4. The van der Waals surface area contributed by atoms with Crippen LogP contribution in [0.2, 0.25) is 0 Å². The number of nitro groups is 1. The highest BCUT2D eigenvalue weighted by Crippen LogP contribution is 2.22. The predicted molar refractivity (Wildman–Crippen MR) is 79.4 cm³/mol. The Morgan fingerprint density at radius 3 is 2.96 bits per heavy atom. The molecule has 23 heavy (non-hydrogen) atoms. The monoisotopic (exact) mass is 316 g/mol. The smallest absolute Gasteiger partial charge is 0.490 e. The zero-order valence-electron chi connectivity index (χ0n) is 12.1. The highest BCUT2D eigenvalue weighted by Gasteiger charge is 2.12. The molecule has 118 valence electrons. The molecule has 0 atom stereocenters. The van der Waals surface area contributed by atoms with Crippen molar-refractivity contribution in [3.63, 3.8) is 0 Å². The van der Waals surface area contributed by atoms with Gasteiger partial charge in [0.2, 0.25) is 6.33 Å². The number of rotatable bonds is 5. The largest absolute Gasteiger partial charge is 0.491 e. The maximum Gasteiger partial charge on any atom is 0.490 e. The summed E-state index contributed by atoms with van der Waals surface area (Å²) >= 11 is 0. The van der Waals surface area contributed by atoms with Gasteiger partial charge in [0.15, 0.2) is 0 Å². The Morgan fingerprint density at radius 1 is 1.39 bits per heavy atom. The summed E-state index contributed by atoms with van der Waals surface area (Å²) in [5.74, 6) is 0.0776. The van der Waals surface area contributed by atoms with Crippen LogP contribution >= 0.6 is 0 Å². The Labute approximate surface area is 129 Å². The minimum absolute atomic E-state index is 0.238. The third kappa shape index (κ3) is 3.18. The molecule has 0 aliphatic rings. The normalized spacial score (nSPS) is 10.8. The van der Waals surface area contributed by atoms with E-state index in [1.807, 2.05) is 13.0 Å². The van der Waals surface area contributed by atoms with Crippen molar-refractivity contribution >= 4 is 16.9 Å². The van der Waals surface area contributed by atoms with E-state index >= 15 is 0 Å². The lowest BCUT2D eigenvalue weighted by atomic mass is 10.1. The fraction of sp³-hybridized carbons (Fsp3) is 0.214. The average molecular weight is 316 g/mol. The van der Waals surface area contributed by atoms with Crippen molar-refractivity contribution in [3.8, 4) is 5.75 Å². The first-order chi connectivity index (χ1) is 11.0. The number of hydrogen-bond donors (Lipinski definition) is 0. The standard InChI is InChI=1S/C14H12N4O5/c1-9-6-13(19)23-12-7-10(2-3-11(9)12)22-5-4-17-8-15-14(16-17)18(20)21/h2-3,6-8H,4-5H2,1H3. The molecule has 0 bridgehead atoms. The summed E-state index contributed by atoms with van der Waals surface area (Å²) in [6.45, 7) is 2.37. The third-order valence-electron chi connectivity index (χ3n) is 3.20. The van der Waals surface area contributed by atoms with Crippen LogP contribution in [0.3, 0.4) is 0 Å². The topological polar surface area (TPSA) is 113 Å². The minimum atomic E-state index is -0.662. The van der Waals surface area contributed by atoms with Crippen LogP contribution in [0.15, 0.2) is 39.8 Å². The number of fused-ring (bicyclic) bond motifs is 1. The van der Waals surface area contributed by atoms with Crippen molar-refractivity contribution in [1.82, 2.24) is 14.8 Å². The first-order valence-corrected chi connectivity index (χ1v) is 6.74. The van der Waals surface area contributed by atoms with Crippen molar-refractivity contribution in [3.05, 3.63) is 56.7 Å². The Hall–Kier alpha value is -3.23. The van der Waals surface area contributed by atoms with E-state index in [4.69, 9.17) is 9.15 Å². The molecule has 0 radical (unpaired) electrons. The highest BCUT2D eigenvalue weighted by atomic mass is 16.6. The Bertz CT molecular complexity index is 930. The lowest BCUT2D eigenvalue weighted by molar-refractivity contribution is -0.394. The molecule has 0 aliphatic heterocycles. The van der Waals surface area contributed by atoms with E-state index < -0.39 is 16.5 Å². The fourth-order valence-corrected chi connectivity index (χ4v) is 2.13. The lowest BCUT2D eigenvalue weighted by Gasteiger charge is -2.06. The third-order valence-corrected chi connectivity index (χ3v) is 3.20. The Balaban J connectivity index is 1.69. The minimum Gasteiger partial charge on any atom is -0.491 e. The summed E-state index contributed by atoms with van der Waals surface area (Å²) in [4.78, 5) is 24.8. The molecular weight excluding hydrogens is 304 g/mol. The zero-order valence-corrected chi connectivity index (χ0v) is 12.1. The molecule has 0 spiro atoms. The van der Waals surface area contributed by atoms with Crippen LogP contribution in [-0.2, 0) is 6.54 Å². The van der Waals surface area contributed by atoms with Crippen LogP contribution in [0.1, 0.15) is 5.56 Å². The molecule has 0 fully saturated rings. The quantitative estimate of drug-likeness (QED) is 0.399. The average Bonchev–Trinajstić information content (AvgIpc) is 2.96. The van der Waals surface area contributed by atoms with Crippen molar-refractivity contribution in [2.75, 3.05) is 6.61 Å². The van der Waals surface area contributed by atoms with E-state index in [1.54, 1.807) is 12.1 Å². The van der Waals surface area contributed by atoms with Gasteiger partial charge in [0.05, 0.1) is 6.54 Å². The van der Waals surface area contributed by atoms with Crippen LogP contribution in [0, 0.1) is 17.0 Å². The second kappa shape index (κ2) is 5.87. The van der Waals surface area contributed by atoms with E-state index in [9.17, 15) is 14.9 Å². The van der Waals surface area contributed by atoms with Crippen LogP contribution in [-0.4, -0.2) is 26.3 Å². The second-order valence-corrected chi connectivity index (χ2v) is 4.82. The fourth-order valence-electron chi connectivity index (χ4n) is 2.13. The number of nitrogens with zero attached hydrogens (tertiary/aromatic N) is 4. The van der Waals surface area contributed by atoms with Gasteiger partial charge in [0.1, 0.15) is 17.9 Å². The Kier molecular flexibility index (Phi) is 3.75. The molecule has 2 aromatic heterocycles. The zero-order chi connectivity index (χ0) is 16.4. The molecule has 9 nitrogen and oxygen atoms in total. The Morgan fingerprint density at radius 2 is 2.22 bits per heavy atom. The molecule has 0 saturated heterocycles. The molecule has 0 N–H and O–H groups in total. The van der Waals surface area contributed by atoms with Crippen LogP contribution in [0.4, 0.5) is 5.95 Å². The van der Waals surface area contributed by atoms with E-state index in [1.165, 1.54) is 17.1 Å². The predicted octanol–water partition coefficient (Wildman–Crippen LogP) is 1.68. The van der Waals surface area contributed by atoms with Gasteiger partial charge < -0.3 is 19.3 Å². The van der Waals surface area contributed by atoms with Crippen molar-refractivity contribution < 1.29 is 14.1 Å². The van der Waals surface area contributed by atoms with E-state index in [2.05, 4.69) is 10.1 Å². The summed E-state index contributed by atoms with van der Waals surface area (Å²) in [5.41, 5.74) is 0.865. The number of ether oxygens (including phenoxy) is 1. The summed E-state index contributed by atoms with van der Waals surface area (Å²) in [5, 5.41) is 15.0. The summed E-state index contributed by atoms with van der Waals surface area (Å²) in [7, 11) is 0. The number of aromatic nitrogens is 3. The maximum atomic E-state index is 11.4. The van der Waals surface area contributed by atoms with E-state index in [-0.39, 0.29) is 6.61 Å². The molecule has 0 aliphatic carbocycles. The van der Waals surface area contributed by atoms with Crippen LogP contribution < -0.4 is 10.4 Å². The molecule has 3 rings (SSSR count). The van der Waals surface area contributed by atoms with Crippen LogP contribution in [0.5, 0.6) is 5.75 Å². The number of hydrogen-bond acceptors (Lipinski definition) is 7. The van der Waals surface area contributed by atoms with Gasteiger partial charge in [0.25, 0.3) is 0 Å². The molecule has 0 unspecified atom stereocenters.